The quantitative estimate of drug-likeness (QED) is 0.612. The van der Waals surface area contributed by atoms with Crippen LogP contribution < -0.4 is 10.6 Å². The summed E-state index contributed by atoms with van der Waals surface area (Å²) < 4.78 is 38.8. The molecule has 33 heavy (non-hydrogen) atoms. The number of halogens is 3. The summed E-state index contributed by atoms with van der Waals surface area (Å²) in [5.74, 6) is -4.87. The summed E-state index contributed by atoms with van der Waals surface area (Å²) in [5, 5.41) is 4.90. The van der Waals surface area contributed by atoms with Crippen LogP contribution in [0, 0.1) is 11.8 Å². The van der Waals surface area contributed by atoms with E-state index in [0.717, 1.165) is 0 Å². The minimum atomic E-state index is -5.09. The Labute approximate surface area is 191 Å². The zero-order valence-corrected chi connectivity index (χ0v) is 19.1. The lowest BCUT2D eigenvalue weighted by atomic mass is 9.98. The lowest BCUT2D eigenvalue weighted by Gasteiger charge is -2.32. The van der Waals surface area contributed by atoms with E-state index < -0.39 is 53.7 Å². The first-order chi connectivity index (χ1) is 15.3. The number of Topliss-reactive ketones (excluding diaryl/α,β-unsaturated/α-hetero) is 1. The molecule has 0 spiro atoms. The van der Waals surface area contributed by atoms with Crippen LogP contribution in [-0.4, -0.2) is 59.3 Å². The summed E-state index contributed by atoms with van der Waals surface area (Å²) in [6.07, 6.45) is -4.36. The molecule has 1 aliphatic heterocycles. The Morgan fingerprint density at radius 1 is 0.939 bits per heavy atom. The van der Waals surface area contributed by atoms with Crippen LogP contribution in [0.5, 0.6) is 0 Å². The van der Waals surface area contributed by atoms with E-state index >= 15 is 0 Å². The number of carbonyl (C=O) groups excluding carboxylic acids is 4. The van der Waals surface area contributed by atoms with Crippen LogP contribution in [0.4, 0.5) is 13.2 Å². The SMILES string of the molecule is CC(C)[C@H](NC(=O)c1ccccc1)C(=O)N1CCC[C@H]1C(=O)N[C@H](C(=O)C(F)(F)F)C(C)C. The van der Waals surface area contributed by atoms with Gasteiger partial charge in [-0.05, 0) is 36.8 Å². The summed E-state index contributed by atoms with van der Waals surface area (Å²) in [6.45, 7) is 6.52. The molecule has 1 saturated heterocycles. The van der Waals surface area contributed by atoms with Crippen molar-refractivity contribution in [2.24, 2.45) is 11.8 Å². The van der Waals surface area contributed by atoms with Crippen LogP contribution in [0.3, 0.4) is 0 Å². The zero-order chi connectivity index (χ0) is 24.9. The van der Waals surface area contributed by atoms with E-state index in [0.29, 0.717) is 12.0 Å². The van der Waals surface area contributed by atoms with Crippen LogP contribution in [0.1, 0.15) is 50.9 Å². The Balaban J connectivity index is 2.17. The van der Waals surface area contributed by atoms with Crippen molar-refractivity contribution in [3.8, 4) is 0 Å². The highest BCUT2D eigenvalue weighted by atomic mass is 19.4. The first-order valence-electron chi connectivity index (χ1n) is 10.9. The van der Waals surface area contributed by atoms with Crippen molar-refractivity contribution in [2.45, 2.75) is 64.8 Å². The van der Waals surface area contributed by atoms with E-state index in [4.69, 9.17) is 0 Å². The summed E-state index contributed by atoms with van der Waals surface area (Å²) in [7, 11) is 0. The molecule has 3 atom stereocenters. The standard InChI is InChI=1S/C23H30F3N3O4/c1-13(2)17(19(30)23(24,25)26)27-21(32)16-11-8-12-29(16)22(33)18(14(3)4)28-20(31)15-9-6-5-7-10-15/h5-7,9-10,13-14,16-18H,8,11-12H2,1-4H3,(H,27,32)(H,28,31)/t16-,17-,18-/m0/s1. The molecule has 0 aromatic heterocycles. The molecular weight excluding hydrogens is 439 g/mol. The van der Waals surface area contributed by atoms with Crippen molar-refractivity contribution in [1.29, 1.82) is 0 Å². The number of rotatable bonds is 8. The maximum atomic E-state index is 13.3. The Morgan fingerprint density at radius 3 is 2.03 bits per heavy atom. The van der Waals surface area contributed by atoms with E-state index in [-0.39, 0.29) is 18.9 Å². The van der Waals surface area contributed by atoms with Gasteiger partial charge in [-0.15, -0.1) is 0 Å². The Hall–Kier alpha value is -2.91. The van der Waals surface area contributed by atoms with Crippen molar-refractivity contribution >= 4 is 23.5 Å². The van der Waals surface area contributed by atoms with Crippen LogP contribution in [0.2, 0.25) is 0 Å². The number of alkyl halides is 3. The van der Waals surface area contributed by atoms with Gasteiger partial charge in [0.15, 0.2) is 0 Å². The monoisotopic (exact) mass is 469 g/mol. The first-order valence-corrected chi connectivity index (χ1v) is 10.9. The van der Waals surface area contributed by atoms with Gasteiger partial charge >= 0.3 is 6.18 Å². The fourth-order valence-electron chi connectivity index (χ4n) is 3.77. The van der Waals surface area contributed by atoms with E-state index in [1.165, 1.54) is 18.7 Å². The molecule has 0 bridgehead atoms. The van der Waals surface area contributed by atoms with Crippen LogP contribution in [-0.2, 0) is 14.4 Å². The number of ketones is 1. The third kappa shape index (κ3) is 6.55. The van der Waals surface area contributed by atoms with Gasteiger partial charge in [-0.25, -0.2) is 0 Å². The normalized spacial score (nSPS) is 18.2. The Bertz CT molecular complexity index is 871. The van der Waals surface area contributed by atoms with Gasteiger partial charge in [0.25, 0.3) is 11.7 Å². The highest BCUT2D eigenvalue weighted by Gasteiger charge is 2.46. The van der Waals surface area contributed by atoms with Crippen molar-refractivity contribution in [2.75, 3.05) is 6.54 Å². The van der Waals surface area contributed by atoms with Crippen LogP contribution >= 0.6 is 0 Å². The van der Waals surface area contributed by atoms with Gasteiger partial charge in [-0.1, -0.05) is 45.9 Å². The summed E-state index contributed by atoms with van der Waals surface area (Å²) >= 11 is 0. The third-order valence-electron chi connectivity index (χ3n) is 5.62. The van der Waals surface area contributed by atoms with E-state index in [2.05, 4.69) is 10.6 Å². The molecule has 0 saturated carbocycles. The molecule has 1 heterocycles. The van der Waals surface area contributed by atoms with Crippen LogP contribution in [0.15, 0.2) is 30.3 Å². The molecule has 7 nitrogen and oxygen atoms in total. The summed E-state index contributed by atoms with van der Waals surface area (Å²) in [4.78, 5) is 51.7. The molecule has 1 aliphatic rings. The van der Waals surface area contributed by atoms with Gasteiger partial charge in [0.2, 0.25) is 11.8 Å². The largest absolute Gasteiger partial charge is 0.452 e. The maximum absolute atomic E-state index is 13.3. The second-order valence-electron chi connectivity index (χ2n) is 8.84. The van der Waals surface area contributed by atoms with Crippen molar-refractivity contribution in [3.05, 3.63) is 35.9 Å². The molecule has 0 unspecified atom stereocenters. The van der Waals surface area contributed by atoms with Gasteiger partial charge in [0.1, 0.15) is 12.1 Å². The molecule has 0 aliphatic carbocycles. The average molecular weight is 470 g/mol. The molecule has 182 valence electrons. The molecule has 10 heteroatoms. The summed E-state index contributed by atoms with van der Waals surface area (Å²) in [5.41, 5.74) is 0.372. The lowest BCUT2D eigenvalue weighted by molar-refractivity contribution is -0.175. The van der Waals surface area contributed by atoms with Gasteiger partial charge in [0, 0.05) is 12.1 Å². The fraction of sp³-hybridized carbons (Fsp3) is 0.565. The molecule has 2 rings (SSSR count). The Kier molecular flexibility index (Phi) is 8.63. The second-order valence-corrected chi connectivity index (χ2v) is 8.84. The number of carbonyl (C=O) groups is 4. The number of nitrogens with zero attached hydrogens (tertiary/aromatic N) is 1. The van der Waals surface area contributed by atoms with Gasteiger partial charge in [-0.2, -0.15) is 13.2 Å². The molecule has 2 N–H and O–H groups in total. The van der Waals surface area contributed by atoms with E-state index in [9.17, 15) is 32.3 Å². The van der Waals surface area contributed by atoms with Gasteiger partial charge in [0.05, 0.1) is 6.04 Å². The summed E-state index contributed by atoms with van der Waals surface area (Å²) in [6, 6.07) is 4.65. The zero-order valence-electron chi connectivity index (χ0n) is 19.1. The van der Waals surface area contributed by atoms with Crippen molar-refractivity contribution in [3.63, 3.8) is 0 Å². The number of hydrogen-bond donors (Lipinski definition) is 2. The van der Waals surface area contributed by atoms with E-state index in [1.54, 1.807) is 44.2 Å². The number of nitrogens with one attached hydrogen (secondary N) is 2. The maximum Gasteiger partial charge on any atom is 0.452 e. The molecule has 1 aromatic carbocycles. The molecule has 1 aromatic rings. The van der Waals surface area contributed by atoms with Gasteiger partial charge < -0.3 is 15.5 Å². The number of hydrogen-bond acceptors (Lipinski definition) is 4. The molecular formula is C23H30F3N3O4. The van der Waals surface area contributed by atoms with Crippen LogP contribution in [0.25, 0.3) is 0 Å². The van der Waals surface area contributed by atoms with Crippen molar-refractivity contribution < 1.29 is 32.3 Å². The highest BCUT2D eigenvalue weighted by molar-refractivity contribution is 5.99. The highest BCUT2D eigenvalue weighted by Crippen LogP contribution is 2.24. The number of likely N-dealkylation sites (tertiary alicyclic amines) is 1. The topological polar surface area (TPSA) is 95.6 Å². The first kappa shape index (κ1) is 26.3. The second kappa shape index (κ2) is 10.8. The van der Waals surface area contributed by atoms with E-state index in [1.807, 2.05) is 0 Å². The van der Waals surface area contributed by atoms with Gasteiger partial charge in [-0.3, -0.25) is 19.2 Å². The number of benzene rings is 1. The average Bonchev–Trinajstić information content (AvgIpc) is 3.24. The predicted octanol–water partition coefficient (Wildman–Crippen LogP) is 2.70. The minimum absolute atomic E-state index is 0.223. The minimum Gasteiger partial charge on any atom is -0.344 e. The molecule has 0 radical (unpaired) electrons. The molecule has 3 amide bonds. The number of amides is 3. The smallest absolute Gasteiger partial charge is 0.344 e. The fourth-order valence-corrected chi connectivity index (χ4v) is 3.77. The van der Waals surface area contributed by atoms with Crippen molar-refractivity contribution in [1.82, 2.24) is 15.5 Å². The lowest BCUT2D eigenvalue weighted by Crippen LogP contribution is -2.58. The Morgan fingerprint density at radius 2 is 1.52 bits per heavy atom. The predicted molar refractivity (Wildman–Crippen MR) is 115 cm³/mol. The molecule has 1 fully saturated rings. The third-order valence-corrected chi connectivity index (χ3v) is 5.62.